The molecule has 4 aromatic rings. The quantitative estimate of drug-likeness (QED) is 0.591. The number of nitrogens with two attached hydrogens (primary N) is 2. The molecule has 2 aromatic carbocycles. The summed E-state index contributed by atoms with van der Waals surface area (Å²) < 4.78 is 2.11. The minimum Gasteiger partial charge on any atom is -0.383 e. The topological polar surface area (TPSA) is 107 Å². The molecule has 0 amide bonds. The van der Waals surface area contributed by atoms with Crippen LogP contribution in [0.4, 0.5) is 11.8 Å². The van der Waals surface area contributed by atoms with Crippen molar-refractivity contribution in [1.29, 1.82) is 5.26 Å². The second-order valence-electron chi connectivity index (χ2n) is 5.62. The van der Waals surface area contributed by atoms with Crippen LogP contribution in [-0.4, -0.2) is 14.5 Å². The van der Waals surface area contributed by atoms with Crippen molar-refractivity contribution in [2.24, 2.45) is 0 Å². The molecule has 0 saturated heterocycles. The summed E-state index contributed by atoms with van der Waals surface area (Å²) in [6.07, 6.45) is 2.00. The fourth-order valence-corrected chi connectivity index (χ4v) is 2.98. The van der Waals surface area contributed by atoms with Crippen LogP contribution in [0, 0.1) is 11.3 Å². The average molecular weight is 314 g/mol. The standard InChI is InChI=1S/C18H14N6/c19-9-11-2-1-3-12(8-11)10-24-7-6-13-15(24)5-4-14-16(13)22-18(21)23-17(14)20/h1-8H,10H2,(H4,20,21,22,23). The summed E-state index contributed by atoms with van der Waals surface area (Å²) in [5.41, 5.74) is 15.2. The van der Waals surface area contributed by atoms with E-state index in [-0.39, 0.29) is 5.95 Å². The molecule has 4 rings (SSSR count). The van der Waals surface area contributed by atoms with Crippen LogP contribution in [0.3, 0.4) is 0 Å². The van der Waals surface area contributed by atoms with E-state index in [1.165, 1.54) is 0 Å². The van der Waals surface area contributed by atoms with Crippen molar-refractivity contribution in [1.82, 2.24) is 14.5 Å². The Hall–Kier alpha value is -3.59. The smallest absolute Gasteiger partial charge is 0.222 e. The molecular formula is C18H14N6. The van der Waals surface area contributed by atoms with Crippen molar-refractivity contribution in [2.75, 3.05) is 11.5 Å². The molecule has 0 atom stereocenters. The van der Waals surface area contributed by atoms with Crippen LogP contribution < -0.4 is 11.5 Å². The molecule has 6 heteroatoms. The van der Waals surface area contributed by atoms with Crippen LogP contribution in [0.2, 0.25) is 0 Å². The molecule has 4 N–H and O–H groups in total. The second-order valence-corrected chi connectivity index (χ2v) is 5.62. The van der Waals surface area contributed by atoms with Crippen LogP contribution in [0.25, 0.3) is 21.8 Å². The van der Waals surface area contributed by atoms with Crippen molar-refractivity contribution in [3.63, 3.8) is 0 Å². The van der Waals surface area contributed by atoms with Gasteiger partial charge in [-0.1, -0.05) is 12.1 Å². The fourth-order valence-electron chi connectivity index (χ4n) is 2.98. The van der Waals surface area contributed by atoms with Crippen molar-refractivity contribution in [3.05, 3.63) is 59.8 Å². The summed E-state index contributed by atoms with van der Waals surface area (Å²) in [4.78, 5) is 8.35. The maximum absolute atomic E-state index is 9.04. The van der Waals surface area contributed by atoms with E-state index >= 15 is 0 Å². The van der Waals surface area contributed by atoms with Crippen molar-refractivity contribution in [2.45, 2.75) is 6.54 Å². The van der Waals surface area contributed by atoms with E-state index in [2.05, 4.69) is 20.6 Å². The maximum Gasteiger partial charge on any atom is 0.222 e. The predicted molar refractivity (Wildman–Crippen MR) is 94.1 cm³/mol. The van der Waals surface area contributed by atoms with E-state index < -0.39 is 0 Å². The first kappa shape index (κ1) is 14.0. The summed E-state index contributed by atoms with van der Waals surface area (Å²) in [5.74, 6) is 0.552. The number of nitrogens with zero attached hydrogens (tertiary/aromatic N) is 4. The number of anilines is 2. The average Bonchev–Trinajstić information content (AvgIpc) is 2.98. The van der Waals surface area contributed by atoms with E-state index in [9.17, 15) is 0 Å². The Bertz CT molecular complexity index is 1120. The zero-order valence-corrected chi connectivity index (χ0v) is 12.8. The van der Waals surface area contributed by atoms with Gasteiger partial charge in [0.05, 0.1) is 22.7 Å². The van der Waals surface area contributed by atoms with Gasteiger partial charge in [0, 0.05) is 23.5 Å². The third-order valence-corrected chi connectivity index (χ3v) is 4.07. The normalized spacial score (nSPS) is 11.0. The lowest BCUT2D eigenvalue weighted by atomic mass is 10.1. The van der Waals surface area contributed by atoms with Crippen molar-refractivity contribution >= 4 is 33.6 Å². The minimum atomic E-state index is 0.168. The SMILES string of the molecule is N#Cc1cccc(Cn2ccc3c4nc(N)nc(N)c4ccc32)c1. The monoisotopic (exact) mass is 314 g/mol. The maximum atomic E-state index is 9.04. The second kappa shape index (κ2) is 5.25. The third kappa shape index (κ3) is 2.20. The number of rotatable bonds is 2. The van der Waals surface area contributed by atoms with Crippen LogP contribution in [0.5, 0.6) is 0 Å². The third-order valence-electron chi connectivity index (χ3n) is 4.07. The van der Waals surface area contributed by atoms with Crippen LogP contribution in [0.15, 0.2) is 48.7 Å². The molecule has 6 nitrogen and oxygen atoms in total. The van der Waals surface area contributed by atoms with Gasteiger partial charge in [-0.05, 0) is 35.9 Å². The molecule has 0 aliphatic carbocycles. The number of hydrogen-bond acceptors (Lipinski definition) is 5. The Labute approximate surface area is 138 Å². The van der Waals surface area contributed by atoms with Crippen molar-refractivity contribution in [3.8, 4) is 6.07 Å². The molecule has 2 aromatic heterocycles. The Morgan fingerprint density at radius 2 is 1.92 bits per heavy atom. The van der Waals surface area contributed by atoms with E-state index in [4.69, 9.17) is 16.7 Å². The predicted octanol–water partition coefficient (Wildman–Crippen LogP) is 2.67. The lowest BCUT2D eigenvalue weighted by Crippen LogP contribution is -2.01. The Morgan fingerprint density at radius 1 is 1.04 bits per heavy atom. The van der Waals surface area contributed by atoms with Gasteiger partial charge >= 0.3 is 0 Å². The van der Waals surface area contributed by atoms with Gasteiger partial charge in [0.1, 0.15) is 5.82 Å². The highest BCUT2D eigenvalue weighted by Gasteiger charge is 2.10. The zero-order chi connectivity index (χ0) is 16.7. The lowest BCUT2D eigenvalue weighted by molar-refractivity contribution is 0.836. The fraction of sp³-hybridized carbons (Fsp3) is 0.0556. The summed E-state index contributed by atoms with van der Waals surface area (Å²) in [5, 5.41) is 10.8. The first-order chi connectivity index (χ1) is 11.7. The first-order valence-electron chi connectivity index (χ1n) is 7.45. The molecule has 0 fully saturated rings. The molecule has 24 heavy (non-hydrogen) atoms. The number of benzene rings is 2. The Morgan fingerprint density at radius 3 is 2.75 bits per heavy atom. The van der Waals surface area contributed by atoms with Gasteiger partial charge in [-0.2, -0.15) is 10.2 Å². The highest BCUT2D eigenvalue weighted by molar-refractivity contribution is 6.07. The van der Waals surface area contributed by atoms with Crippen LogP contribution in [0.1, 0.15) is 11.1 Å². The van der Waals surface area contributed by atoms with Crippen LogP contribution in [-0.2, 0) is 6.54 Å². The first-order valence-corrected chi connectivity index (χ1v) is 7.45. The number of fused-ring (bicyclic) bond motifs is 3. The number of hydrogen-bond donors (Lipinski definition) is 2. The van der Waals surface area contributed by atoms with Crippen LogP contribution >= 0.6 is 0 Å². The zero-order valence-electron chi connectivity index (χ0n) is 12.8. The molecule has 0 unspecified atom stereocenters. The highest BCUT2D eigenvalue weighted by atomic mass is 15.0. The molecule has 0 aliphatic heterocycles. The molecule has 0 radical (unpaired) electrons. The van der Waals surface area contributed by atoms with Gasteiger partial charge in [0.25, 0.3) is 0 Å². The Kier molecular flexibility index (Phi) is 3.07. The van der Waals surface area contributed by atoms with Gasteiger partial charge in [0.15, 0.2) is 0 Å². The molecule has 0 bridgehead atoms. The van der Waals surface area contributed by atoms with Gasteiger partial charge in [-0.3, -0.25) is 0 Å². The largest absolute Gasteiger partial charge is 0.383 e. The summed E-state index contributed by atoms with van der Waals surface area (Å²) in [7, 11) is 0. The summed E-state index contributed by atoms with van der Waals surface area (Å²) in [6.45, 7) is 0.667. The van der Waals surface area contributed by atoms with E-state index in [1.54, 1.807) is 6.07 Å². The van der Waals surface area contributed by atoms with E-state index in [0.29, 0.717) is 17.9 Å². The van der Waals surface area contributed by atoms with E-state index in [0.717, 1.165) is 27.4 Å². The minimum absolute atomic E-state index is 0.168. The molecule has 0 aliphatic rings. The summed E-state index contributed by atoms with van der Waals surface area (Å²) >= 11 is 0. The molecule has 0 saturated carbocycles. The number of nitriles is 1. The molecule has 0 spiro atoms. The number of aromatic nitrogens is 3. The van der Waals surface area contributed by atoms with Gasteiger partial charge < -0.3 is 16.0 Å². The van der Waals surface area contributed by atoms with Gasteiger partial charge in [0.2, 0.25) is 5.95 Å². The molecular weight excluding hydrogens is 300 g/mol. The van der Waals surface area contributed by atoms with Crippen molar-refractivity contribution < 1.29 is 0 Å². The number of nitrogen functional groups attached to an aromatic ring is 2. The lowest BCUT2D eigenvalue weighted by Gasteiger charge is -2.08. The van der Waals surface area contributed by atoms with Gasteiger partial charge in [-0.15, -0.1) is 0 Å². The van der Waals surface area contributed by atoms with Gasteiger partial charge in [-0.25, -0.2) is 4.98 Å². The molecule has 2 heterocycles. The Balaban J connectivity index is 1.86. The molecule has 116 valence electrons. The highest BCUT2D eigenvalue weighted by Crippen LogP contribution is 2.28. The van der Waals surface area contributed by atoms with E-state index in [1.807, 2.05) is 42.6 Å². The summed E-state index contributed by atoms with van der Waals surface area (Å²) in [6, 6.07) is 15.7.